The van der Waals surface area contributed by atoms with Gasteiger partial charge in [-0.2, -0.15) is 26.0 Å². The molecular weight excluding hydrogens is 399 g/mol. The highest BCUT2D eigenvalue weighted by molar-refractivity contribution is 7.86. The first-order valence-electron chi connectivity index (χ1n) is 7.54. The van der Waals surface area contributed by atoms with Crippen LogP contribution in [0, 0.1) is 11.8 Å². The van der Waals surface area contributed by atoms with Crippen LogP contribution in [-0.2, 0) is 20.5 Å². The predicted octanol–water partition coefficient (Wildman–Crippen LogP) is 4.31. The average Bonchev–Trinajstić information content (AvgIpc) is 3.00. The zero-order valence-electron chi connectivity index (χ0n) is 13.9. The molecule has 27 heavy (non-hydrogen) atoms. The number of fused-ring (bicyclic) bond motifs is 1. The molecule has 0 amide bonds. The summed E-state index contributed by atoms with van der Waals surface area (Å²) in [5, 5.41) is 0.803. The van der Waals surface area contributed by atoms with E-state index in [9.17, 15) is 21.6 Å². The summed E-state index contributed by atoms with van der Waals surface area (Å²) in [5.74, 6) is 5.40. The van der Waals surface area contributed by atoms with Crippen LogP contribution in [0.3, 0.4) is 0 Å². The molecule has 0 aliphatic carbocycles. The molecule has 0 saturated carbocycles. The summed E-state index contributed by atoms with van der Waals surface area (Å²) in [7, 11) is -3.53. The van der Waals surface area contributed by atoms with Crippen LogP contribution in [-0.4, -0.2) is 25.7 Å². The van der Waals surface area contributed by atoms with Crippen LogP contribution in [0.5, 0.6) is 0 Å². The molecule has 4 nitrogen and oxygen atoms in total. The Labute approximate surface area is 157 Å². The number of rotatable bonds is 3. The van der Waals surface area contributed by atoms with Gasteiger partial charge in [0, 0.05) is 16.5 Å². The Kier molecular flexibility index (Phi) is 5.24. The van der Waals surface area contributed by atoms with Gasteiger partial charge in [0.25, 0.3) is 10.1 Å². The number of benzene rings is 2. The van der Waals surface area contributed by atoms with Crippen LogP contribution in [0.1, 0.15) is 11.1 Å². The molecule has 3 aromatic rings. The van der Waals surface area contributed by atoms with Gasteiger partial charge in [0.1, 0.15) is 6.61 Å². The summed E-state index contributed by atoms with van der Waals surface area (Å²) >= 11 is 1.21. The maximum Gasteiger partial charge on any atom is 0.416 e. The zero-order chi connectivity index (χ0) is 19.7. The van der Waals surface area contributed by atoms with E-state index < -0.39 is 21.9 Å². The van der Waals surface area contributed by atoms with Gasteiger partial charge in [-0.3, -0.25) is 4.18 Å². The van der Waals surface area contributed by atoms with Gasteiger partial charge in [0.15, 0.2) is 0 Å². The van der Waals surface area contributed by atoms with E-state index in [1.807, 2.05) is 0 Å². The van der Waals surface area contributed by atoms with Crippen molar-refractivity contribution in [3.05, 3.63) is 53.6 Å². The lowest BCUT2D eigenvalue weighted by Crippen LogP contribution is -2.03. The quantitative estimate of drug-likeness (QED) is 0.476. The predicted molar refractivity (Wildman–Crippen MR) is 97.7 cm³/mol. The van der Waals surface area contributed by atoms with Gasteiger partial charge < -0.3 is 0 Å². The van der Waals surface area contributed by atoms with E-state index in [0.29, 0.717) is 16.8 Å². The second-order valence-corrected chi connectivity index (χ2v) is 8.03. The molecule has 3 rings (SSSR count). The first kappa shape index (κ1) is 19.4. The van der Waals surface area contributed by atoms with Gasteiger partial charge >= 0.3 is 6.18 Å². The number of nitrogens with zero attached hydrogens (tertiary/aromatic N) is 1. The first-order valence-corrected chi connectivity index (χ1v) is 10.1. The van der Waals surface area contributed by atoms with E-state index in [0.717, 1.165) is 28.5 Å². The molecule has 0 saturated heterocycles. The van der Waals surface area contributed by atoms with Crippen molar-refractivity contribution in [3.63, 3.8) is 0 Å². The molecule has 0 N–H and O–H groups in total. The van der Waals surface area contributed by atoms with Crippen LogP contribution in [0.2, 0.25) is 0 Å². The Bertz CT molecular complexity index is 1140. The summed E-state index contributed by atoms with van der Waals surface area (Å²) < 4.78 is 69.5. The molecule has 140 valence electrons. The van der Waals surface area contributed by atoms with Crippen LogP contribution >= 0.6 is 11.5 Å². The van der Waals surface area contributed by atoms with Gasteiger partial charge in [-0.1, -0.05) is 30.0 Å². The zero-order valence-corrected chi connectivity index (χ0v) is 15.5. The van der Waals surface area contributed by atoms with Crippen molar-refractivity contribution in [1.29, 1.82) is 0 Å². The fourth-order valence-corrected chi connectivity index (χ4v) is 3.42. The van der Waals surface area contributed by atoms with E-state index in [4.69, 9.17) is 0 Å². The van der Waals surface area contributed by atoms with Crippen molar-refractivity contribution in [2.45, 2.75) is 6.18 Å². The van der Waals surface area contributed by atoms with Gasteiger partial charge in [-0.15, -0.1) is 0 Å². The van der Waals surface area contributed by atoms with E-state index in [1.165, 1.54) is 23.7 Å². The number of alkyl halides is 3. The molecule has 1 heterocycles. The van der Waals surface area contributed by atoms with Crippen molar-refractivity contribution in [3.8, 4) is 23.1 Å². The Morgan fingerprint density at radius 3 is 2.48 bits per heavy atom. The second kappa shape index (κ2) is 7.31. The lowest BCUT2D eigenvalue weighted by molar-refractivity contribution is -0.137. The summed E-state index contributed by atoms with van der Waals surface area (Å²) in [6, 6.07) is 10.2. The van der Waals surface area contributed by atoms with Gasteiger partial charge in [-0.25, -0.2) is 0 Å². The monoisotopic (exact) mass is 411 g/mol. The number of hydrogen-bond acceptors (Lipinski definition) is 5. The van der Waals surface area contributed by atoms with Crippen molar-refractivity contribution in [1.82, 2.24) is 4.37 Å². The Morgan fingerprint density at radius 2 is 1.85 bits per heavy atom. The van der Waals surface area contributed by atoms with Gasteiger partial charge in [0.2, 0.25) is 0 Å². The minimum absolute atomic E-state index is 0.240. The Morgan fingerprint density at radius 1 is 1.15 bits per heavy atom. The van der Waals surface area contributed by atoms with E-state index in [1.54, 1.807) is 18.2 Å². The van der Waals surface area contributed by atoms with Crippen molar-refractivity contribution >= 4 is 31.7 Å². The Hall–Kier alpha value is -2.41. The third-order valence-corrected chi connectivity index (χ3v) is 4.89. The molecule has 0 unspecified atom stereocenters. The standard InChI is InChI=1S/C18H12F3NO3S2/c1-27(23,24)25-10-2-3-12-4-9-15-16(11-12)26-22-17(15)13-5-7-14(8-6-13)18(19,20)21/h4-9,11H,10H2,1H3. The minimum atomic E-state index is -4.38. The molecule has 0 aliphatic heterocycles. The molecule has 1 aromatic heterocycles. The highest BCUT2D eigenvalue weighted by atomic mass is 32.2. The van der Waals surface area contributed by atoms with Gasteiger partial charge in [0.05, 0.1) is 22.2 Å². The highest BCUT2D eigenvalue weighted by Crippen LogP contribution is 2.34. The fraction of sp³-hybridized carbons (Fsp3) is 0.167. The van der Waals surface area contributed by atoms with Crippen LogP contribution in [0.15, 0.2) is 42.5 Å². The summed E-state index contributed by atoms with van der Waals surface area (Å²) in [6.07, 6.45) is -3.43. The fourth-order valence-electron chi connectivity index (χ4n) is 2.32. The number of halogens is 3. The lowest BCUT2D eigenvalue weighted by Gasteiger charge is -2.06. The minimum Gasteiger partial charge on any atom is -0.257 e. The van der Waals surface area contributed by atoms with E-state index in [-0.39, 0.29) is 6.61 Å². The summed E-state index contributed by atoms with van der Waals surface area (Å²) in [5.41, 5.74) is 1.14. The van der Waals surface area contributed by atoms with Crippen LogP contribution in [0.25, 0.3) is 21.3 Å². The SMILES string of the molecule is CS(=O)(=O)OCC#Cc1ccc2c(-c3ccc(C(F)(F)F)cc3)nsc2c1. The molecule has 0 atom stereocenters. The summed E-state index contributed by atoms with van der Waals surface area (Å²) in [4.78, 5) is 0. The molecule has 0 radical (unpaired) electrons. The van der Waals surface area contributed by atoms with E-state index in [2.05, 4.69) is 20.4 Å². The average molecular weight is 411 g/mol. The molecule has 2 aromatic carbocycles. The normalized spacial score (nSPS) is 12.0. The van der Waals surface area contributed by atoms with Crippen molar-refractivity contribution in [2.24, 2.45) is 0 Å². The largest absolute Gasteiger partial charge is 0.416 e. The molecule has 9 heteroatoms. The third-order valence-electron chi connectivity index (χ3n) is 3.54. The number of hydrogen-bond donors (Lipinski definition) is 0. The maximum absolute atomic E-state index is 12.7. The van der Waals surface area contributed by atoms with Crippen molar-refractivity contribution in [2.75, 3.05) is 12.9 Å². The molecule has 0 fully saturated rings. The maximum atomic E-state index is 12.7. The topological polar surface area (TPSA) is 56.3 Å². The van der Waals surface area contributed by atoms with Crippen LogP contribution < -0.4 is 0 Å². The molecular formula is C18H12F3NO3S2. The highest BCUT2D eigenvalue weighted by Gasteiger charge is 2.30. The van der Waals surface area contributed by atoms with Gasteiger partial charge in [-0.05, 0) is 35.8 Å². The second-order valence-electron chi connectivity index (χ2n) is 5.59. The first-order chi connectivity index (χ1) is 12.6. The third kappa shape index (κ3) is 4.86. The van der Waals surface area contributed by atoms with E-state index >= 15 is 0 Å². The Balaban J connectivity index is 1.85. The smallest absolute Gasteiger partial charge is 0.257 e. The molecule has 0 spiro atoms. The molecule has 0 aliphatic rings. The lowest BCUT2D eigenvalue weighted by atomic mass is 10.0. The molecule has 0 bridgehead atoms. The van der Waals surface area contributed by atoms with Crippen molar-refractivity contribution < 1.29 is 25.8 Å². The summed E-state index contributed by atoms with van der Waals surface area (Å²) in [6.45, 7) is -0.240. The number of aromatic nitrogens is 1. The van der Waals surface area contributed by atoms with Crippen LogP contribution in [0.4, 0.5) is 13.2 Å².